The lowest BCUT2D eigenvalue weighted by Crippen LogP contribution is -2.23. The summed E-state index contributed by atoms with van der Waals surface area (Å²) in [7, 11) is 1.25. The van der Waals surface area contributed by atoms with Crippen LogP contribution in [-0.4, -0.2) is 43.5 Å². The van der Waals surface area contributed by atoms with Gasteiger partial charge in [0.25, 0.3) is 5.56 Å². The van der Waals surface area contributed by atoms with E-state index < -0.39 is 5.97 Å². The van der Waals surface area contributed by atoms with Crippen molar-refractivity contribution < 1.29 is 14.6 Å². The predicted molar refractivity (Wildman–Crippen MR) is 129 cm³/mol. The Morgan fingerprint density at radius 2 is 1.85 bits per heavy atom. The number of carbonyl (C=O) groups excluding carboxylic acids is 1. The Morgan fingerprint density at radius 3 is 2.58 bits per heavy atom. The van der Waals surface area contributed by atoms with Crippen LogP contribution in [0.1, 0.15) is 25.6 Å². The van der Waals surface area contributed by atoms with Gasteiger partial charge in [-0.2, -0.15) is 0 Å². The lowest BCUT2D eigenvalue weighted by atomic mass is 10.2. The van der Waals surface area contributed by atoms with Crippen molar-refractivity contribution in [2.24, 2.45) is 0 Å². The van der Waals surface area contributed by atoms with E-state index in [1.165, 1.54) is 18.9 Å². The molecule has 0 saturated carbocycles. The Kier molecular flexibility index (Phi) is 6.79. The standard InChI is InChI=1S/C24H24N4O4S/c1-3-4-13-28-22(30)15-9-5-6-10-16(15)27-24(28)33-14-19(29)20(23(31)32-2)21-25-17-11-7-8-12-18(17)26-21/h5-12,29H,3-4,13-14H2,1-2H3,(H,25,26)/b20-19+. The second kappa shape index (κ2) is 9.91. The predicted octanol–water partition coefficient (Wildman–Crippen LogP) is 4.31. The largest absolute Gasteiger partial charge is 0.510 e. The molecule has 4 aromatic rings. The molecule has 2 N–H and O–H groups in total. The van der Waals surface area contributed by atoms with Crippen LogP contribution in [0.5, 0.6) is 0 Å². The zero-order valence-electron chi connectivity index (χ0n) is 18.4. The number of carbonyl (C=O) groups is 1. The summed E-state index contributed by atoms with van der Waals surface area (Å²) in [5.74, 6) is -0.688. The maximum atomic E-state index is 13.1. The number of H-pyrrole nitrogens is 1. The number of hydrogen-bond acceptors (Lipinski definition) is 7. The van der Waals surface area contributed by atoms with E-state index in [1.807, 2.05) is 30.3 Å². The number of benzene rings is 2. The molecule has 0 spiro atoms. The summed E-state index contributed by atoms with van der Waals surface area (Å²) in [6, 6.07) is 14.5. The molecule has 8 nitrogen and oxygen atoms in total. The number of ether oxygens (including phenoxy) is 1. The zero-order valence-corrected chi connectivity index (χ0v) is 19.2. The number of nitrogens with one attached hydrogen (secondary N) is 1. The molecule has 0 bridgehead atoms. The Morgan fingerprint density at radius 1 is 1.12 bits per heavy atom. The van der Waals surface area contributed by atoms with Crippen LogP contribution in [0.4, 0.5) is 0 Å². The summed E-state index contributed by atoms with van der Waals surface area (Å²) >= 11 is 1.19. The first kappa shape index (κ1) is 22.6. The molecule has 2 aromatic heterocycles. The lowest BCUT2D eigenvalue weighted by Gasteiger charge is -2.13. The fourth-order valence-corrected chi connectivity index (χ4v) is 4.40. The highest BCUT2D eigenvalue weighted by molar-refractivity contribution is 7.99. The van der Waals surface area contributed by atoms with Crippen LogP contribution in [0, 0.1) is 0 Å². The summed E-state index contributed by atoms with van der Waals surface area (Å²) in [5, 5.41) is 11.9. The van der Waals surface area contributed by atoms with Gasteiger partial charge in [0.15, 0.2) is 5.16 Å². The number of aliphatic hydroxyl groups is 1. The van der Waals surface area contributed by atoms with Crippen LogP contribution < -0.4 is 5.56 Å². The third-order valence-electron chi connectivity index (χ3n) is 5.20. The SMILES string of the molecule is CCCCn1c(SC/C(O)=C(\C(=O)OC)c2nc3ccccc3[nH]2)nc2ccccc2c1=O. The number of methoxy groups -OCH3 is 1. The van der Waals surface area contributed by atoms with Crippen molar-refractivity contribution in [1.82, 2.24) is 19.5 Å². The number of para-hydroxylation sites is 3. The van der Waals surface area contributed by atoms with E-state index >= 15 is 0 Å². The Labute approximate surface area is 194 Å². The fraction of sp³-hybridized carbons (Fsp3) is 0.250. The molecule has 0 saturated heterocycles. The van der Waals surface area contributed by atoms with Crippen LogP contribution in [0.2, 0.25) is 0 Å². The third-order valence-corrected chi connectivity index (χ3v) is 6.19. The number of unbranched alkanes of at least 4 members (excludes halogenated alkanes) is 1. The van der Waals surface area contributed by atoms with Gasteiger partial charge in [-0.05, 0) is 30.7 Å². The molecule has 0 unspecified atom stereocenters. The van der Waals surface area contributed by atoms with Crippen LogP contribution in [0.25, 0.3) is 27.5 Å². The molecule has 2 heterocycles. The average molecular weight is 465 g/mol. The van der Waals surface area contributed by atoms with Crippen LogP contribution >= 0.6 is 11.8 Å². The van der Waals surface area contributed by atoms with E-state index in [0.29, 0.717) is 28.1 Å². The molecular formula is C24H24N4O4S. The van der Waals surface area contributed by atoms with Gasteiger partial charge in [-0.15, -0.1) is 0 Å². The van der Waals surface area contributed by atoms with E-state index in [1.54, 1.807) is 22.8 Å². The number of esters is 1. The van der Waals surface area contributed by atoms with Gasteiger partial charge in [0.2, 0.25) is 0 Å². The van der Waals surface area contributed by atoms with Gasteiger partial charge in [0.1, 0.15) is 17.2 Å². The van der Waals surface area contributed by atoms with Crippen LogP contribution in [0.15, 0.2) is 64.2 Å². The lowest BCUT2D eigenvalue weighted by molar-refractivity contribution is -0.133. The highest BCUT2D eigenvalue weighted by atomic mass is 32.2. The van der Waals surface area contributed by atoms with Crippen molar-refractivity contribution in [2.75, 3.05) is 12.9 Å². The van der Waals surface area contributed by atoms with Crippen molar-refractivity contribution in [1.29, 1.82) is 0 Å². The highest BCUT2D eigenvalue weighted by Gasteiger charge is 2.23. The first-order chi connectivity index (χ1) is 16.0. The number of hydrogen-bond donors (Lipinski definition) is 2. The minimum Gasteiger partial charge on any atom is -0.510 e. The molecule has 0 amide bonds. The second-order valence-corrected chi connectivity index (χ2v) is 8.37. The summed E-state index contributed by atoms with van der Waals surface area (Å²) in [5.41, 5.74) is 1.82. The second-order valence-electron chi connectivity index (χ2n) is 7.43. The molecule has 9 heteroatoms. The molecule has 0 atom stereocenters. The van der Waals surface area contributed by atoms with Crippen molar-refractivity contribution in [2.45, 2.75) is 31.5 Å². The van der Waals surface area contributed by atoms with E-state index in [4.69, 9.17) is 4.74 Å². The number of fused-ring (bicyclic) bond motifs is 2. The minimum absolute atomic E-state index is 0.0123. The van der Waals surface area contributed by atoms with E-state index in [0.717, 1.165) is 18.4 Å². The Hall–Kier alpha value is -3.59. The Bertz CT molecular complexity index is 1370. The molecule has 0 aliphatic rings. The van der Waals surface area contributed by atoms with Gasteiger partial charge in [0.05, 0.1) is 34.8 Å². The molecule has 0 aliphatic heterocycles. The molecule has 0 aliphatic carbocycles. The van der Waals surface area contributed by atoms with Crippen molar-refractivity contribution in [3.8, 4) is 0 Å². The summed E-state index contributed by atoms with van der Waals surface area (Å²) in [6.07, 6.45) is 1.74. The van der Waals surface area contributed by atoms with E-state index in [2.05, 4.69) is 21.9 Å². The smallest absolute Gasteiger partial charge is 0.345 e. The van der Waals surface area contributed by atoms with Crippen LogP contribution in [0.3, 0.4) is 0 Å². The average Bonchev–Trinajstić information content (AvgIpc) is 3.25. The van der Waals surface area contributed by atoms with E-state index in [9.17, 15) is 14.7 Å². The van der Waals surface area contributed by atoms with Gasteiger partial charge in [0, 0.05) is 6.54 Å². The van der Waals surface area contributed by atoms with Gasteiger partial charge in [-0.1, -0.05) is 49.4 Å². The fourth-order valence-electron chi connectivity index (χ4n) is 3.50. The Balaban J connectivity index is 1.72. The maximum absolute atomic E-state index is 13.1. The van der Waals surface area contributed by atoms with Crippen molar-refractivity contribution in [3.63, 3.8) is 0 Å². The highest BCUT2D eigenvalue weighted by Crippen LogP contribution is 2.25. The van der Waals surface area contributed by atoms with E-state index in [-0.39, 0.29) is 28.5 Å². The summed E-state index contributed by atoms with van der Waals surface area (Å²) in [4.78, 5) is 37.7. The first-order valence-electron chi connectivity index (χ1n) is 10.6. The minimum atomic E-state index is -0.706. The molecule has 4 rings (SSSR count). The monoisotopic (exact) mass is 464 g/mol. The van der Waals surface area contributed by atoms with Gasteiger partial charge >= 0.3 is 5.97 Å². The van der Waals surface area contributed by atoms with Gasteiger partial charge in [-0.25, -0.2) is 14.8 Å². The van der Waals surface area contributed by atoms with Crippen molar-refractivity contribution >= 4 is 45.2 Å². The van der Waals surface area contributed by atoms with Crippen LogP contribution in [-0.2, 0) is 16.1 Å². The number of thioether (sulfide) groups is 1. The summed E-state index contributed by atoms with van der Waals surface area (Å²) < 4.78 is 6.52. The van der Waals surface area contributed by atoms with Gasteiger partial charge in [-0.3, -0.25) is 9.36 Å². The normalized spacial score (nSPS) is 12.2. The first-order valence-corrected chi connectivity index (χ1v) is 11.6. The number of aromatic amines is 1. The molecule has 33 heavy (non-hydrogen) atoms. The zero-order chi connectivity index (χ0) is 23.4. The quantitative estimate of drug-likeness (QED) is 0.131. The third kappa shape index (κ3) is 4.63. The molecule has 0 fully saturated rings. The number of rotatable bonds is 8. The number of nitrogens with zero attached hydrogens (tertiary/aromatic N) is 3. The molecular weight excluding hydrogens is 440 g/mol. The number of aromatic nitrogens is 4. The number of aliphatic hydroxyl groups excluding tert-OH is 1. The topological polar surface area (TPSA) is 110 Å². The molecule has 0 radical (unpaired) electrons. The maximum Gasteiger partial charge on any atom is 0.345 e. The van der Waals surface area contributed by atoms with Gasteiger partial charge < -0.3 is 14.8 Å². The summed E-state index contributed by atoms with van der Waals surface area (Å²) in [6.45, 7) is 2.57. The van der Waals surface area contributed by atoms with Crippen molar-refractivity contribution in [3.05, 3.63) is 70.5 Å². The molecule has 170 valence electrons. The number of imidazole rings is 1. The molecule has 2 aromatic carbocycles.